The molecule has 9 heteroatoms. The minimum absolute atomic E-state index is 0.0293. The maximum Gasteiger partial charge on any atom is 0.236 e. The van der Waals surface area contributed by atoms with Gasteiger partial charge in [0.15, 0.2) is 0 Å². The summed E-state index contributed by atoms with van der Waals surface area (Å²) in [5.74, 6) is 0.936. The van der Waals surface area contributed by atoms with Gasteiger partial charge in [-0.1, -0.05) is 32.0 Å². The highest BCUT2D eigenvalue weighted by Crippen LogP contribution is 2.48. The molecule has 3 heterocycles. The number of benzene rings is 1. The van der Waals surface area contributed by atoms with Gasteiger partial charge in [0, 0.05) is 39.6 Å². The van der Waals surface area contributed by atoms with Crippen molar-refractivity contribution in [1.29, 1.82) is 0 Å². The van der Waals surface area contributed by atoms with E-state index in [0.717, 1.165) is 25.8 Å². The van der Waals surface area contributed by atoms with E-state index >= 15 is 0 Å². The zero-order chi connectivity index (χ0) is 24.5. The second-order valence-corrected chi connectivity index (χ2v) is 10.2. The van der Waals surface area contributed by atoms with Gasteiger partial charge < -0.3 is 14.2 Å². The molecule has 184 valence electrons. The lowest BCUT2D eigenvalue weighted by molar-refractivity contribution is -0.132. The van der Waals surface area contributed by atoms with Crippen molar-refractivity contribution < 1.29 is 18.4 Å². The second kappa shape index (κ2) is 9.82. The van der Waals surface area contributed by atoms with Crippen LogP contribution < -0.4 is 0 Å². The predicted octanol–water partition coefficient (Wildman–Crippen LogP) is 3.02. The summed E-state index contributed by atoms with van der Waals surface area (Å²) in [6.45, 7) is 6.29. The number of rotatable bonds is 6. The van der Waals surface area contributed by atoms with E-state index in [0.29, 0.717) is 30.4 Å². The van der Waals surface area contributed by atoms with E-state index in [1.807, 2.05) is 18.7 Å². The predicted molar refractivity (Wildman–Crippen MR) is 124 cm³/mol. The topological polar surface area (TPSA) is 82.8 Å². The fourth-order valence-electron chi connectivity index (χ4n) is 4.99. The summed E-state index contributed by atoms with van der Waals surface area (Å²) in [6, 6.07) is 6.31. The molecule has 34 heavy (non-hydrogen) atoms. The molecule has 2 aliphatic rings. The number of carbonyl (C=O) groups excluding carboxylic acids is 2. The van der Waals surface area contributed by atoms with E-state index in [-0.39, 0.29) is 48.0 Å². The highest BCUT2D eigenvalue weighted by atomic mass is 19.1. The van der Waals surface area contributed by atoms with E-state index < -0.39 is 0 Å². The summed E-state index contributed by atoms with van der Waals surface area (Å²) in [5, 5.41) is 8.52. The molecule has 2 aromatic rings. The molecule has 1 unspecified atom stereocenters. The van der Waals surface area contributed by atoms with Gasteiger partial charge in [-0.3, -0.25) is 14.5 Å². The van der Waals surface area contributed by atoms with Gasteiger partial charge in [0.25, 0.3) is 0 Å². The number of hydrogen-bond donors (Lipinski definition) is 0. The van der Waals surface area contributed by atoms with E-state index in [1.165, 1.54) is 6.07 Å². The van der Waals surface area contributed by atoms with E-state index in [9.17, 15) is 14.0 Å². The molecule has 2 aliphatic heterocycles. The highest BCUT2D eigenvalue weighted by molar-refractivity contribution is 5.79. The Kier molecular flexibility index (Phi) is 7.02. The third-order valence-corrected chi connectivity index (χ3v) is 7.15. The zero-order valence-electron chi connectivity index (χ0n) is 20.5. The van der Waals surface area contributed by atoms with Gasteiger partial charge in [0.05, 0.1) is 19.0 Å². The molecule has 1 aromatic heterocycles. The number of piperidine rings is 1. The fraction of sp³-hybridized carbons (Fsp3) is 0.600. The Bertz CT molecular complexity index is 1030. The fourth-order valence-corrected chi connectivity index (χ4v) is 4.99. The number of hydrogen-bond acceptors (Lipinski definition) is 6. The Hall–Kier alpha value is -2.81. The van der Waals surface area contributed by atoms with Crippen LogP contribution in [0.2, 0.25) is 0 Å². The first-order valence-electron chi connectivity index (χ1n) is 12.0. The van der Waals surface area contributed by atoms with Crippen molar-refractivity contribution in [3.63, 3.8) is 0 Å². The number of carbonyl (C=O) groups is 2. The summed E-state index contributed by atoms with van der Waals surface area (Å²) >= 11 is 0. The van der Waals surface area contributed by atoms with Crippen LogP contribution in [0.3, 0.4) is 0 Å². The van der Waals surface area contributed by atoms with Crippen LogP contribution in [0.15, 0.2) is 28.7 Å². The molecule has 2 saturated heterocycles. The molecule has 1 aromatic carbocycles. The zero-order valence-corrected chi connectivity index (χ0v) is 20.5. The van der Waals surface area contributed by atoms with Gasteiger partial charge in [-0.15, -0.1) is 10.2 Å². The molecule has 0 saturated carbocycles. The van der Waals surface area contributed by atoms with Crippen molar-refractivity contribution in [3.8, 4) is 0 Å². The smallest absolute Gasteiger partial charge is 0.236 e. The van der Waals surface area contributed by atoms with Gasteiger partial charge in [-0.05, 0) is 36.3 Å². The van der Waals surface area contributed by atoms with Crippen LogP contribution in [-0.4, -0.2) is 77.0 Å². The van der Waals surface area contributed by atoms with Crippen LogP contribution in [0.1, 0.15) is 62.4 Å². The molecule has 0 radical (unpaired) electrons. The van der Waals surface area contributed by atoms with Crippen molar-refractivity contribution >= 4 is 11.8 Å². The molecule has 1 atom stereocenters. The first kappa shape index (κ1) is 24.3. The molecule has 8 nitrogen and oxygen atoms in total. The number of amides is 2. The van der Waals surface area contributed by atoms with Crippen molar-refractivity contribution in [3.05, 3.63) is 47.4 Å². The molecular weight excluding hydrogens is 437 g/mol. The van der Waals surface area contributed by atoms with Crippen LogP contribution in [0.4, 0.5) is 4.39 Å². The standard InChI is InChI=1S/C25H34FN5O3/c1-17(2)23-27-28-24(34-23)20-14-25(16-31(20)15-22(33)29(3)4)9-11-30(12-10-25)21(32)13-18-7-5-6-8-19(18)26/h5-8,17,20H,9-16H2,1-4H3. The summed E-state index contributed by atoms with van der Waals surface area (Å²) in [6.07, 6.45) is 2.53. The van der Waals surface area contributed by atoms with Crippen LogP contribution in [0.25, 0.3) is 0 Å². The van der Waals surface area contributed by atoms with Gasteiger partial charge in [-0.2, -0.15) is 0 Å². The van der Waals surface area contributed by atoms with E-state index in [1.54, 1.807) is 37.2 Å². The van der Waals surface area contributed by atoms with Crippen molar-refractivity contribution in [2.24, 2.45) is 5.41 Å². The Morgan fingerprint density at radius 3 is 2.53 bits per heavy atom. The number of halogens is 1. The lowest BCUT2D eigenvalue weighted by atomic mass is 9.76. The number of nitrogens with zero attached hydrogens (tertiary/aromatic N) is 5. The summed E-state index contributed by atoms with van der Waals surface area (Å²) in [5.41, 5.74) is 0.401. The molecule has 2 fully saturated rings. The maximum atomic E-state index is 14.0. The monoisotopic (exact) mass is 471 g/mol. The van der Waals surface area contributed by atoms with Crippen LogP contribution in [-0.2, 0) is 16.0 Å². The SMILES string of the molecule is CC(C)c1nnc(C2CC3(CCN(C(=O)Cc4ccccc4F)CC3)CN2CC(=O)N(C)C)o1. The number of aromatic nitrogens is 2. The first-order chi connectivity index (χ1) is 16.2. The third kappa shape index (κ3) is 5.14. The average Bonchev–Trinajstić information content (AvgIpc) is 3.41. The van der Waals surface area contributed by atoms with E-state index in [2.05, 4.69) is 15.1 Å². The molecule has 0 aliphatic carbocycles. The Morgan fingerprint density at radius 1 is 1.21 bits per heavy atom. The van der Waals surface area contributed by atoms with Crippen LogP contribution in [0.5, 0.6) is 0 Å². The maximum absolute atomic E-state index is 14.0. The quantitative estimate of drug-likeness (QED) is 0.644. The molecular formula is C25H34FN5O3. The van der Waals surface area contributed by atoms with Crippen molar-refractivity contribution in [2.75, 3.05) is 40.3 Å². The van der Waals surface area contributed by atoms with Gasteiger partial charge in [0.1, 0.15) is 5.82 Å². The van der Waals surface area contributed by atoms with Crippen LogP contribution >= 0.6 is 0 Å². The highest BCUT2D eigenvalue weighted by Gasteiger charge is 2.48. The first-order valence-corrected chi connectivity index (χ1v) is 12.0. The summed E-state index contributed by atoms with van der Waals surface area (Å²) in [4.78, 5) is 30.9. The van der Waals surface area contributed by atoms with Crippen molar-refractivity contribution in [2.45, 2.75) is 51.5 Å². The minimum atomic E-state index is -0.343. The molecule has 2 amide bonds. The molecule has 4 rings (SSSR count). The average molecular weight is 472 g/mol. The van der Waals surface area contributed by atoms with Gasteiger partial charge in [-0.25, -0.2) is 4.39 Å². The Labute approximate surface area is 200 Å². The minimum Gasteiger partial charge on any atom is -0.423 e. The Balaban J connectivity index is 1.45. The molecule has 0 bridgehead atoms. The number of likely N-dealkylation sites (tertiary alicyclic amines) is 2. The molecule has 0 N–H and O–H groups in total. The van der Waals surface area contributed by atoms with Crippen molar-refractivity contribution in [1.82, 2.24) is 24.9 Å². The van der Waals surface area contributed by atoms with Gasteiger partial charge in [0.2, 0.25) is 23.6 Å². The molecule has 1 spiro atoms. The summed E-state index contributed by atoms with van der Waals surface area (Å²) in [7, 11) is 3.51. The number of likely N-dealkylation sites (N-methyl/N-ethyl adjacent to an activating group) is 1. The lowest BCUT2D eigenvalue weighted by Crippen LogP contribution is -2.45. The third-order valence-electron chi connectivity index (χ3n) is 7.15. The summed E-state index contributed by atoms with van der Waals surface area (Å²) < 4.78 is 20.0. The van der Waals surface area contributed by atoms with Crippen LogP contribution in [0, 0.1) is 11.2 Å². The lowest BCUT2D eigenvalue weighted by Gasteiger charge is -2.39. The largest absolute Gasteiger partial charge is 0.423 e. The van der Waals surface area contributed by atoms with E-state index in [4.69, 9.17) is 4.42 Å². The normalized spacial score (nSPS) is 20.3. The second-order valence-electron chi connectivity index (χ2n) is 10.2. The van der Waals surface area contributed by atoms with Gasteiger partial charge >= 0.3 is 0 Å². The Morgan fingerprint density at radius 2 is 1.91 bits per heavy atom.